The molecule has 0 amide bonds. The minimum Gasteiger partial charge on any atom is -0.453 e. The lowest BCUT2D eigenvalue weighted by Gasteiger charge is -2.27. The molecule has 1 N–H and O–H groups in total. The standard InChI is InChI=1S/C18H19NO/c1-12-10-11-16-18(17(12)13-6-2-3-7-13)19-14-8-4-5-9-15(14)20-16/h4-5,8-11,13,19H,2-3,6-7H2,1H3. The average Bonchev–Trinajstić information content (AvgIpc) is 2.99. The van der Waals surface area contributed by atoms with Crippen LogP contribution >= 0.6 is 0 Å². The van der Waals surface area contributed by atoms with E-state index in [-0.39, 0.29) is 0 Å². The molecule has 2 aromatic rings. The van der Waals surface area contributed by atoms with Gasteiger partial charge in [0.2, 0.25) is 0 Å². The number of hydrogen-bond donors (Lipinski definition) is 1. The second-order valence-electron chi connectivity index (χ2n) is 5.87. The highest BCUT2D eigenvalue weighted by Gasteiger charge is 2.26. The van der Waals surface area contributed by atoms with Crippen molar-refractivity contribution in [1.29, 1.82) is 0 Å². The Labute approximate surface area is 119 Å². The number of anilines is 2. The number of para-hydroxylation sites is 2. The maximum Gasteiger partial charge on any atom is 0.151 e. The zero-order chi connectivity index (χ0) is 13.5. The van der Waals surface area contributed by atoms with E-state index in [1.807, 2.05) is 18.2 Å². The zero-order valence-electron chi connectivity index (χ0n) is 11.8. The molecule has 0 bridgehead atoms. The Morgan fingerprint density at radius 3 is 2.65 bits per heavy atom. The van der Waals surface area contributed by atoms with Gasteiger partial charge in [0.15, 0.2) is 11.5 Å². The highest BCUT2D eigenvalue weighted by Crippen LogP contribution is 2.49. The van der Waals surface area contributed by atoms with Crippen molar-refractivity contribution in [2.45, 2.75) is 38.5 Å². The predicted molar refractivity (Wildman–Crippen MR) is 82.2 cm³/mol. The summed E-state index contributed by atoms with van der Waals surface area (Å²) >= 11 is 0. The molecule has 4 rings (SSSR count). The molecule has 2 heteroatoms. The van der Waals surface area contributed by atoms with Crippen LogP contribution in [0, 0.1) is 6.92 Å². The molecule has 0 saturated heterocycles. The Morgan fingerprint density at radius 2 is 1.80 bits per heavy atom. The molecule has 1 fully saturated rings. The summed E-state index contributed by atoms with van der Waals surface area (Å²) in [5, 5.41) is 3.60. The van der Waals surface area contributed by atoms with E-state index in [2.05, 4.69) is 30.4 Å². The van der Waals surface area contributed by atoms with Crippen LogP contribution in [0.3, 0.4) is 0 Å². The summed E-state index contributed by atoms with van der Waals surface area (Å²) in [7, 11) is 0. The summed E-state index contributed by atoms with van der Waals surface area (Å²) in [4.78, 5) is 0. The number of hydrogen-bond acceptors (Lipinski definition) is 2. The number of nitrogens with one attached hydrogen (secondary N) is 1. The molecule has 0 aromatic heterocycles. The minimum atomic E-state index is 0.686. The molecule has 2 nitrogen and oxygen atoms in total. The molecule has 1 heterocycles. The molecule has 0 atom stereocenters. The van der Waals surface area contributed by atoms with Gasteiger partial charge in [-0.2, -0.15) is 0 Å². The highest BCUT2D eigenvalue weighted by molar-refractivity contribution is 5.79. The van der Waals surface area contributed by atoms with Crippen molar-refractivity contribution in [2.75, 3.05) is 5.32 Å². The van der Waals surface area contributed by atoms with Gasteiger partial charge in [-0.1, -0.05) is 31.0 Å². The van der Waals surface area contributed by atoms with E-state index >= 15 is 0 Å². The van der Waals surface area contributed by atoms with Crippen molar-refractivity contribution in [2.24, 2.45) is 0 Å². The van der Waals surface area contributed by atoms with E-state index < -0.39 is 0 Å². The molecule has 0 spiro atoms. The molecule has 0 radical (unpaired) electrons. The molecule has 1 aliphatic carbocycles. The lowest BCUT2D eigenvalue weighted by molar-refractivity contribution is 0.479. The normalized spacial score (nSPS) is 17.1. The smallest absolute Gasteiger partial charge is 0.151 e. The van der Waals surface area contributed by atoms with Crippen molar-refractivity contribution in [3.05, 3.63) is 47.5 Å². The number of fused-ring (bicyclic) bond motifs is 2. The third-order valence-corrected chi connectivity index (χ3v) is 4.56. The Kier molecular flexibility index (Phi) is 2.69. The molecule has 20 heavy (non-hydrogen) atoms. The molecule has 102 valence electrons. The molecule has 2 aromatic carbocycles. The topological polar surface area (TPSA) is 21.3 Å². The van der Waals surface area contributed by atoms with Crippen LogP contribution < -0.4 is 10.1 Å². The van der Waals surface area contributed by atoms with Gasteiger partial charge in [-0.25, -0.2) is 0 Å². The van der Waals surface area contributed by atoms with Crippen LogP contribution in [0.4, 0.5) is 11.4 Å². The summed E-state index contributed by atoms with van der Waals surface area (Å²) in [6, 6.07) is 12.4. The van der Waals surface area contributed by atoms with E-state index in [1.54, 1.807) is 0 Å². The number of ether oxygens (including phenoxy) is 1. The van der Waals surface area contributed by atoms with Gasteiger partial charge in [-0.3, -0.25) is 0 Å². The summed E-state index contributed by atoms with van der Waals surface area (Å²) in [6.45, 7) is 2.22. The minimum absolute atomic E-state index is 0.686. The van der Waals surface area contributed by atoms with Crippen molar-refractivity contribution in [1.82, 2.24) is 0 Å². The molecular weight excluding hydrogens is 246 g/mol. The predicted octanol–water partition coefficient (Wildman–Crippen LogP) is 5.50. The Balaban J connectivity index is 1.83. The van der Waals surface area contributed by atoms with E-state index in [0.29, 0.717) is 5.92 Å². The van der Waals surface area contributed by atoms with Crippen LogP contribution in [-0.2, 0) is 0 Å². The first-order valence-electron chi connectivity index (χ1n) is 7.50. The number of aryl methyl sites for hydroxylation is 1. The van der Waals surface area contributed by atoms with Crippen molar-refractivity contribution >= 4 is 11.4 Å². The van der Waals surface area contributed by atoms with Crippen LogP contribution in [0.15, 0.2) is 36.4 Å². The fourth-order valence-corrected chi connectivity index (χ4v) is 3.57. The highest BCUT2D eigenvalue weighted by atomic mass is 16.5. The van der Waals surface area contributed by atoms with E-state index in [0.717, 1.165) is 17.2 Å². The fraction of sp³-hybridized carbons (Fsp3) is 0.333. The summed E-state index contributed by atoms with van der Waals surface area (Å²) in [5.41, 5.74) is 5.11. The van der Waals surface area contributed by atoms with Gasteiger partial charge in [0.1, 0.15) is 0 Å². The van der Waals surface area contributed by atoms with Crippen LogP contribution in [0.5, 0.6) is 11.5 Å². The molecule has 2 aliphatic rings. The second-order valence-corrected chi connectivity index (χ2v) is 5.87. The second kappa shape index (κ2) is 4.55. The van der Waals surface area contributed by atoms with Crippen molar-refractivity contribution in [3.63, 3.8) is 0 Å². The van der Waals surface area contributed by atoms with Crippen LogP contribution in [-0.4, -0.2) is 0 Å². The number of benzene rings is 2. The molecule has 1 aliphatic heterocycles. The van der Waals surface area contributed by atoms with Crippen molar-refractivity contribution < 1.29 is 4.74 Å². The Morgan fingerprint density at radius 1 is 1.00 bits per heavy atom. The average molecular weight is 265 g/mol. The summed E-state index contributed by atoms with van der Waals surface area (Å²) < 4.78 is 6.07. The maximum atomic E-state index is 6.07. The van der Waals surface area contributed by atoms with E-state index in [9.17, 15) is 0 Å². The van der Waals surface area contributed by atoms with Gasteiger partial charge >= 0.3 is 0 Å². The zero-order valence-corrected chi connectivity index (χ0v) is 11.8. The van der Waals surface area contributed by atoms with Gasteiger partial charge in [0.05, 0.1) is 11.4 Å². The fourth-order valence-electron chi connectivity index (χ4n) is 3.57. The van der Waals surface area contributed by atoms with Gasteiger partial charge in [0.25, 0.3) is 0 Å². The first-order chi connectivity index (χ1) is 9.83. The SMILES string of the molecule is Cc1ccc2c(c1C1CCCC1)Nc1ccccc1O2. The molecule has 1 saturated carbocycles. The summed E-state index contributed by atoms with van der Waals surface area (Å²) in [6.07, 6.45) is 5.32. The largest absolute Gasteiger partial charge is 0.453 e. The third kappa shape index (κ3) is 1.79. The van der Waals surface area contributed by atoms with Crippen LogP contribution in [0.1, 0.15) is 42.7 Å². The monoisotopic (exact) mass is 265 g/mol. The van der Waals surface area contributed by atoms with E-state index in [1.165, 1.54) is 42.5 Å². The third-order valence-electron chi connectivity index (χ3n) is 4.56. The van der Waals surface area contributed by atoms with Crippen LogP contribution in [0.25, 0.3) is 0 Å². The van der Waals surface area contributed by atoms with E-state index in [4.69, 9.17) is 4.74 Å². The number of rotatable bonds is 1. The first kappa shape index (κ1) is 11.8. The van der Waals surface area contributed by atoms with Crippen molar-refractivity contribution in [3.8, 4) is 11.5 Å². The summed E-state index contributed by atoms with van der Waals surface area (Å²) in [5.74, 6) is 2.57. The molecule has 0 unspecified atom stereocenters. The Hall–Kier alpha value is -1.96. The maximum absolute atomic E-state index is 6.07. The van der Waals surface area contributed by atoms with Gasteiger partial charge < -0.3 is 10.1 Å². The van der Waals surface area contributed by atoms with Crippen LogP contribution in [0.2, 0.25) is 0 Å². The van der Waals surface area contributed by atoms with Gasteiger partial charge in [-0.15, -0.1) is 0 Å². The molecular formula is C18H19NO. The van der Waals surface area contributed by atoms with Gasteiger partial charge in [-0.05, 0) is 55.0 Å². The Bertz CT molecular complexity index is 656. The lowest BCUT2D eigenvalue weighted by Crippen LogP contribution is -2.08. The lowest BCUT2D eigenvalue weighted by atomic mass is 9.91. The quantitative estimate of drug-likeness (QED) is 0.627. The first-order valence-corrected chi connectivity index (χ1v) is 7.50. The van der Waals surface area contributed by atoms with Gasteiger partial charge in [0, 0.05) is 0 Å².